The van der Waals surface area contributed by atoms with Gasteiger partial charge in [-0.2, -0.15) is 13.2 Å². The van der Waals surface area contributed by atoms with Crippen LogP contribution in [0.15, 0.2) is 40.9 Å². The van der Waals surface area contributed by atoms with Crippen molar-refractivity contribution in [3.63, 3.8) is 0 Å². The second-order valence-electron chi connectivity index (χ2n) is 4.20. The van der Waals surface area contributed by atoms with Crippen molar-refractivity contribution in [1.29, 1.82) is 0 Å². The molecule has 0 saturated heterocycles. The quantitative estimate of drug-likeness (QED) is 0.790. The highest BCUT2D eigenvalue weighted by Crippen LogP contribution is 2.34. The maximum atomic E-state index is 13.4. The first-order chi connectivity index (χ1) is 9.81. The molecule has 0 radical (unpaired) electrons. The maximum Gasteiger partial charge on any atom is 0.416 e. The number of ether oxygens (including phenoxy) is 1. The summed E-state index contributed by atoms with van der Waals surface area (Å²) in [5.41, 5.74) is 4.82. The molecule has 2 N–H and O–H groups in total. The number of benzene rings is 2. The number of nitrogens with two attached hydrogens (primary N) is 1. The smallest absolute Gasteiger partial charge is 0.416 e. The van der Waals surface area contributed by atoms with Gasteiger partial charge >= 0.3 is 6.18 Å². The van der Waals surface area contributed by atoms with E-state index < -0.39 is 17.6 Å². The molecular formula is C14H10BrF4NO. The second-order valence-corrected chi connectivity index (χ2v) is 5.06. The number of alkyl halides is 3. The van der Waals surface area contributed by atoms with Crippen LogP contribution in [-0.4, -0.2) is 0 Å². The van der Waals surface area contributed by atoms with Crippen molar-refractivity contribution >= 4 is 15.9 Å². The Labute approximate surface area is 126 Å². The molecule has 7 heteroatoms. The van der Waals surface area contributed by atoms with Crippen LogP contribution in [0.3, 0.4) is 0 Å². The van der Waals surface area contributed by atoms with Crippen LogP contribution < -0.4 is 10.5 Å². The third-order valence-electron chi connectivity index (χ3n) is 2.73. The standard InChI is InChI=1S/C14H10BrF4NO/c15-11-3-2-10(6-12(11)16)21-13-4-1-9(14(17,18)19)5-8(13)7-20/h1-6H,7,20H2. The zero-order valence-electron chi connectivity index (χ0n) is 10.5. The summed E-state index contributed by atoms with van der Waals surface area (Å²) >= 11 is 3.00. The summed E-state index contributed by atoms with van der Waals surface area (Å²) in [5.74, 6) is -0.203. The zero-order valence-corrected chi connectivity index (χ0v) is 12.1. The molecule has 0 unspecified atom stereocenters. The summed E-state index contributed by atoms with van der Waals surface area (Å²) < 4.78 is 56.9. The molecule has 0 saturated carbocycles. The monoisotopic (exact) mass is 363 g/mol. The average molecular weight is 364 g/mol. The summed E-state index contributed by atoms with van der Waals surface area (Å²) in [5, 5.41) is 0. The van der Waals surface area contributed by atoms with Crippen LogP contribution in [0, 0.1) is 5.82 Å². The maximum absolute atomic E-state index is 13.4. The largest absolute Gasteiger partial charge is 0.457 e. The van der Waals surface area contributed by atoms with Crippen LogP contribution in [0.2, 0.25) is 0 Å². The zero-order chi connectivity index (χ0) is 15.6. The van der Waals surface area contributed by atoms with Gasteiger partial charge in [-0.05, 0) is 46.3 Å². The fraction of sp³-hybridized carbons (Fsp3) is 0.143. The molecule has 0 spiro atoms. The highest BCUT2D eigenvalue weighted by molar-refractivity contribution is 9.10. The molecule has 0 aromatic heterocycles. The topological polar surface area (TPSA) is 35.2 Å². The number of halogens is 5. The second kappa shape index (κ2) is 6.03. The van der Waals surface area contributed by atoms with Crippen molar-refractivity contribution in [2.24, 2.45) is 5.73 Å². The van der Waals surface area contributed by atoms with E-state index in [1.54, 1.807) is 0 Å². The molecule has 2 aromatic rings. The van der Waals surface area contributed by atoms with E-state index in [0.29, 0.717) is 0 Å². The number of hydrogen-bond acceptors (Lipinski definition) is 2. The Morgan fingerprint density at radius 3 is 2.38 bits per heavy atom. The molecule has 2 aromatic carbocycles. The van der Waals surface area contributed by atoms with Gasteiger partial charge in [-0.3, -0.25) is 0 Å². The van der Waals surface area contributed by atoms with Gasteiger partial charge in [0.2, 0.25) is 0 Å². The summed E-state index contributed by atoms with van der Waals surface area (Å²) in [6.45, 7) is -0.127. The van der Waals surface area contributed by atoms with Crippen LogP contribution >= 0.6 is 15.9 Å². The van der Waals surface area contributed by atoms with Crippen molar-refractivity contribution in [2.45, 2.75) is 12.7 Å². The molecule has 0 aliphatic carbocycles. The van der Waals surface area contributed by atoms with E-state index >= 15 is 0 Å². The normalized spacial score (nSPS) is 11.5. The van der Waals surface area contributed by atoms with Gasteiger partial charge in [0.05, 0.1) is 10.0 Å². The molecule has 21 heavy (non-hydrogen) atoms. The molecule has 0 heterocycles. The lowest BCUT2D eigenvalue weighted by Gasteiger charge is -2.13. The van der Waals surface area contributed by atoms with Crippen molar-refractivity contribution in [3.05, 3.63) is 57.8 Å². The van der Waals surface area contributed by atoms with Gasteiger partial charge in [0.15, 0.2) is 0 Å². The van der Waals surface area contributed by atoms with Crippen LogP contribution in [-0.2, 0) is 12.7 Å². The Balaban J connectivity index is 2.33. The minimum Gasteiger partial charge on any atom is -0.457 e. The molecule has 2 rings (SSSR count). The molecular weight excluding hydrogens is 354 g/mol. The van der Waals surface area contributed by atoms with Crippen LogP contribution in [0.5, 0.6) is 11.5 Å². The lowest BCUT2D eigenvalue weighted by Crippen LogP contribution is -2.08. The van der Waals surface area contributed by atoms with Gasteiger partial charge in [0.25, 0.3) is 0 Å². The van der Waals surface area contributed by atoms with E-state index in [1.807, 2.05) is 0 Å². The SMILES string of the molecule is NCc1cc(C(F)(F)F)ccc1Oc1ccc(Br)c(F)c1. The molecule has 112 valence electrons. The predicted octanol–water partition coefficient (Wildman–Crippen LogP) is 4.86. The lowest BCUT2D eigenvalue weighted by molar-refractivity contribution is -0.137. The predicted molar refractivity (Wildman–Crippen MR) is 73.5 cm³/mol. The van der Waals surface area contributed by atoms with E-state index in [4.69, 9.17) is 10.5 Å². The molecule has 0 fully saturated rings. The van der Waals surface area contributed by atoms with Crippen molar-refractivity contribution in [2.75, 3.05) is 0 Å². The van der Waals surface area contributed by atoms with Crippen molar-refractivity contribution < 1.29 is 22.3 Å². The minimum atomic E-state index is -4.45. The van der Waals surface area contributed by atoms with Crippen molar-refractivity contribution in [3.8, 4) is 11.5 Å². The minimum absolute atomic E-state index is 0.127. The van der Waals surface area contributed by atoms with E-state index in [2.05, 4.69) is 15.9 Å². The Morgan fingerprint density at radius 2 is 1.81 bits per heavy atom. The third kappa shape index (κ3) is 3.74. The Hall–Kier alpha value is -1.60. The molecule has 0 bridgehead atoms. The summed E-state index contributed by atoms with van der Waals surface area (Å²) in [7, 11) is 0. The first-order valence-electron chi connectivity index (χ1n) is 5.84. The van der Waals surface area contributed by atoms with E-state index in [1.165, 1.54) is 18.2 Å². The van der Waals surface area contributed by atoms with Gasteiger partial charge in [0, 0.05) is 18.2 Å². The molecule has 2 nitrogen and oxygen atoms in total. The van der Waals surface area contributed by atoms with Gasteiger partial charge in [-0.25, -0.2) is 4.39 Å². The van der Waals surface area contributed by atoms with E-state index in [0.717, 1.165) is 18.2 Å². The molecule has 0 aliphatic rings. The Bertz CT molecular complexity index is 658. The van der Waals surface area contributed by atoms with Gasteiger partial charge in [0.1, 0.15) is 17.3 Å². The highest BCUT2D eigenvalue weighted by Gasteiger charge is 2.31. The Morgan fingerprint density at radius 1 is 1.10 bits per heavy atom. The lowest BCUT2D eigenvalue weighted by atomic mass is 10.1. The summed E-state index contributed by atoms with van der Waals surface area (Å²) in [4.78, 5) is 0. The summed E-state index contributed by atoms with van der Waals surface area (Å²) in [6.07, 6.45) is -4.45. The number of rotatable bonds is 3. The van der Waals surface area contributed by atoms with Gasteiger partial charge in [-0.1, -0.05) is 0 Å². The van der Waals surface area contributed by atoms with Crippen LogP contribution in [0.25, 0.3) is 0 Å². The number of hydrogen-bond donors (Lipinski definition) is 1. The molecule has 0 atom stereocenters. The first kappa shape index (κ1) is 15.8. The van der Waals surface area contributed by atoms with Crippen molar-refractivity contribution in [1.82, 2.24) is 0 Å². The summed E-state index contributed by atoms with van der Waals surface area (Å²) in [6, 6.07) is 7.04. The van der Waals surface area contributed by atoms with Gasteiger partial charge < -0.3 is 10.5 Å². The van der Waals surface area contributed by atoms with Gasteiger partial charge in [-0.15, -0.1) is 0 Å². The molecule has 0 amide bonds. The average Bonchev–Trinajstić information content (AvgIpc) is 2.42. The molecule has 0 aliphatic heterocycles. The van der Waals surface area contributed by atoms with E-state index in [9.17, 15) is 17.6 Å². The highest BCUT2D eigenvalue weighted by atomic mass is 79.9. The third-order valence-corrected chi connectivity index (χ3v) is 3.37. The fourth-order valence-electron chi connectivity index (χ4n) is 1.68. The van der Waals surface area contributed by atoms with Crippen LogP contribution in [0.1, 0.15) is 11.1 Å². The fourth-order valence-corrected chi connectivity index (χ4v) is 1.93. The first-order valence-corrected chi connectivity index (χ1v) is 6.63. The van der Waals surface area contributed by atoms with Crippen LogP contribution in [0.4, 0.5) is 17.6 Å². The Kier molecular flexibility index (Phi) is 4.53. The van der Waals surface area contributed by atoms with E-state index in [-0.39, 0.29) is 28.1 Å².